The van der Waals surface area contributed by atoms with Gasteiger partial charge in [0, 0.05) is 0 Å². The molecule has 0 radical (unpaired) electrons. The van der Waals surface area contributed by atoms with Gasteiger partial charge in [0.15, 0.2) is 0 Å². The third-order valence-electron chi connectivity index (χ3n) is 5.23. The predicted molar refractivity (Wildman–Crippen MR) is 89.0 cm³/mol. The highest BCUT2D eigenvalue weighted by Gasteiger charge is 2.11. The lowest BCUT2D eigenvalue weighted by molar-refractivity contribution is 0.683. The third-order valence-corrected chi connectivity index (χ3v) is 5.23. The third kappa shape index (κ3) is 2.77. The number of hydrogen-bond acceptors (Lipinski definition) is 0. The normalized spacial score (nSPS) is 17.1. The molecule has 0 spiro atoms. The molecule has 0 saturated carbocycles. The van der Waals surface area contributed by atoms with Crippen LogP contribution in [0, 0.1) is 0 Å². The minimum Gasteiger partial charge on any atom is -0.0585 e. The van der Waals surface area contributed by atoms with Gasteiger partial charge in [-0.3, -0.25) is 0 Å². The maximum atomic E-state index is 2.47. The summed E-state index contributed by atoms with van der Waals surface area (Å²) < 4.78 is 0. The molecule has 0 aromatic heterocycles. The van der Waals surface area contributed by atoms with Crippen LogP contribution in [0.25, 0.3) is 0 Å². The molecule has 0 bridgehead atoms. The minimum absolute atomic E-state index is 1.10. The van der Waals surface area contributed by atoms with Crippen molar-refractivity contribution in [2.75, 3.05) is 0 Å². The highest BCUT2D eigenvalue weighted by molar-refractivity contribution is 5.39. The Morgan fingerprint density at radius 1 is 0.524 bits per heavy atom. The van der Waals surface area contributed by atoms with Gasteiger partial charge in [0.2, 0.25) is 0 Å². The van der Waals surface area contributed by atoms with Gasteiger partial charge in [-0.2, -0.15) is 0 Å². The number of aryl methyl sites for hydroxylation is 4. The van der Waals surface area contributed by atoms with E-state index < -0.39 is 0 Å². The fourth-order valence-corrected chi connectivity index (χ4v) is 4.03. The van der Waals surface area contributed by atoms with Crippen molar-refractivity contribution in [1.82, 2.24) is 0 Å². The van der Waals surface area contributed by atoms with Crippen molar-refractivity contribution in [2.24, 2.45) is 0 Å². The Hall–Kier alpha value is -1.56. The second-order valence-corrected chi connectivity index (χ2v) is 6.80. The van der Waals surface area contributed by atoms with Gasteiger partial charge in [-0.1, -0.05) is 36.4 Å². The Bertz CT molecular complexity index is 594. The Labute approximate surface area is 128 Å². The van der Waals surface area contributed by atoms with Gasteiger partial charge in [0.1, 0.15) is 0 Å². The van der Waals surface area contributed by atoms with Crippen molar-refractivity contribution in [3.63, 3.8) is 0 Å². The lowest BCUT2D eigenvalue weighted by atomic mass is 9.87. The highest BCUT2D eigenvalue weighted by Crippen LogP contribution is 2.26. The largest absolute Gasteiger partial charge is 0.0585 e. The van der Waals surface area contributed by atoms with Crippen LogP contribution in [0.2, 0.25) is 0 Å². The van der Waals surface area contributed by atoms with Gasteiger partial charge in [0.05, 0.1) is 0 Å². The zero-order valence-corrected chi connectivity index (χ0v) is 12.8. The molecule has 0 heterocycles. The Balaban J connectivity index is 1.58. The molecular weight excluding hydrogens is 252 g/mol. The first kappa shape index (κ1) is 13.1. The monoisotopic (exact) mass is 276 g/mol. The van der Waals surface area contributed by atoms with Crippen molar-refractivity contribution in [3.8, 4) is 0 Å². The Kier molecular flexibility index (Phi) is 3.55. The molecule has 0 nitrogen and oxygen atoms in total. The Morgan fingerprint density at radius 2 is 0.952 bits per heavy atom. The maximum Gasteiger partial charge on any atom is -0.00256 e. The molecule has 0 unspecified atom stereocenters. The molecule has 0 aliphatic heterocycles. The van der Waals surface area contributed by atoms with Gasteiger partial charge in [0.25, 0.3) is 0 Å². The summed E-state index contributed by atoms with van der Waals surface area (Å²) in [7, 11) is 0. The fourth-order valence-electron chi connectivity index (χ4n) is 4.03. The van der Waals surface area contributed by atoms with Crippen LogP contribution in [0.15, 0.2) is 36.4 Å². The molecule has 2 aromatic carbocycles. The summed E-state index contributed by atoms with van der Waals surface area (Å²) in [6, 6.07) is 14.4. The van der Waals surface area contributed by atoms with E-state index in [9.17, 15) is 0 Å². The summed E-state index contributed by atoms with van der Waals surface area (Å²) in [5, 5.41) is 0. The summed E-state index contributed by atoms with van der Waals surface area (Å²) >= 11 is 0. The van der Waals surface area contributed by atoms with Crippen LogP contribution in [0.4, 0.5) is 0 Å². The average molecular weight is 276 g/mol. The first-order valence-corrected chi connectivity index (χ1v) is 8.60. The number of fused-ring (bicyclic) bond motifs is 2. The first-order chi connectivity index (χ1) is 10.4. The van der Waals surface area contributed by atoms with E-state index in [0.717, 1.165) is 6.42 Å². The second-order valence-electron chi connectivity index (χ2n) is 6.80. The van der Waals surface area contributed by atoms with E-state index in [-0.39, 0.29) is 0 Å². The van der Waals surface area contributed by atoms with Crippen molar-refractivity contribution in [1.29, 1.82) is 0 Å². The average Bonchev–Trinajstić information content (AvgIpc) is 2.55. The molecule has 0 atom stereocenters. The molecule has 2 aromatic rings. The summed E-state index contributed by atoms with van der Waals surface area (Å²) in [5.41, 5.74) is 9.39. The van der Waals surface area contributed by atoms with Crippen molar-refractivity contribution in [2.45, 2.75) is 57.8 Å². The van der Waals surface area contributed by atoms with Crippen LogP contribution < -0.4 is 0 Å². The van der Waals surface area contributed by atoms with Crippen LogP contribution in [-0.4, -0.2) is 0 Å². The van der Waals surface area contributed by atoms with Crippen LogP contribution in [-0.2, 0) is 32.1 Å². The molecule has 0 heteroatoms. The predicted octanol–water partition coefficient (Wildman–Crippen LogP) is 5.04. The van der Waals surface area contributed by atoms with Crippen LogP contribution in [0.1, 0.15) is 59.1 Å². The number of hydrogen-bond donors (Lipinski definition) is 0. The van der Waals surface area contributed by atoms with E-state index in [2.05, 4.69) is 36.4 Å². The molecule has 0 saturated heterocycles. The van der Waals surface area contributed by atoms with E-state index in [1.54, 1.807) is 22.3 Å². The molecule has 0 fully saturated rings. The van der Waals surface area contributed by atoms with E-state index in [0.29, 0.717) is 0 Å². The number of rotatable bonds is 2. The maximum absolute atomic E-state index is 2.47. The van der Waals surface area contributed by atoms with Gasteiger partial charge in [-0.05, 0) is 91.2 Å². The fraction of sp³-hybridized carbons (Fsp3) is 0.429. The lowest BCUT2D eigenvalue weighted by Gasteiger charge is -2.18. The molecule has 108 valence electrons. The summed E-state index contributed by atoms with van der Waals surface area (Å²) in [5.74, 6) is 0. The zero-order chi connectivity index (χ0) is 14.1. The summed E-state index contributed by atoms with van der Waals surface area (Å²) in [4.78, 5) is 0. The van der Waals surface area contributed by atoms with Gasteiger partial charge in [-0.15, -0.1) is 0 Å². The molecular formula is C21H24. The van der Waals surface area contributed by atoms with E-state index >= 15 is 0 Å². The minimum atomic E-state index is 1.10. The van der Waals surface area contributed by atoms with E-state index in [1.165, 1.54) is 62.5 Å². The van der Waals surface area contributed by atoms with Crippen LogP contribution in [0.3, 0.4) is 0 Å². The SMILES string of the molecule is c1cc2c(cc1Cc1ccc3c(c1)CCCC3)CCCC2. The van der Waals surface area contributed by atoms with Crippen molar-refractivity contribution >= 4 is 0 Å². The first-order valence-electron chi connectivity index (χ1n) is 8.60. The lowest BCUT2D eigenvalue weighted by Crippen LogP contribution is -2.05. The smallest absolute Gasteiger partial charge is 0.00256 e. The van der Waals surface area contributed by atoms with Crippen LogP contribution in [0.5, 0.6) is 0 Å². The molecule has 0 N–H and O–H groups in total. The van der Waals surface area contributed by atoms with Gasteiger partial charge < -0.3 is 0 Å². The Morgan fingerprint density at radius 3 is 1.43 bits per heavy atom. The molecule has 4 rings (SSSR count). The van der Waals surface area contributed by atoms with E-state index in [4.69, 9.17) is 0 Å². The van der Waals surface area contributed by atoms with E-state index in [1.807, 2.05) is 0 Å². The second kappa shape index (κ2) is 5.67. The van der Waals surface area contributed by atoms with Gasteiger partial charge >= 0.3 is 0 Å². The highest BCUT2D eigenvalue weighted by atomic mass is 14.2. The molecule has 2 aliphatic rings. The van der Waals surface area contributed by atoms with Crippen molar-refractivity contribution < 1.29 is 0 Å². The quantitative estimate of drug-likeness (QED) is 0.721. The number of benzene rings is 2. The summed E-state index contributed by atoms with van der Waals surface area (Å²) in [6.45, 7) is 0. The topological polar surface area (TPSA) is 0 Å². The van der Waals surface area contributed by atoms with Crippen LogP contribution >= 0.6 is 0 Å². The summed E-state index contributed by atoms with van der Waals surface area (Å²) in [6.07, 6.45) is 11.7. The standard InChI is InChI=1S/C21H24/c1-3-7-20-14-16(9-11-18(20)5-1)13-17-10-12-19-6-2-4-8-21(19)15-17/h9-12,14-15H,1-8,13H2. The zero-order valence-electron chi connectivity index (χ0n) is 12.8. The molecule has 21 heavy (non-hydrogen) atoms. The van der Waals surface area contributed by atoms with Crippen molar-refractivity contribution in [3.05, 3.63) is 69.8 Å². The van der Waals surface area contributed by atoms with Gasteiger partial charge in [-0.25, -0.2) is 0 Å². The molecule has 2 aliphatic carbocycles. The molecule has 0 amide bonds.